The summed E-state index contributed by atoms with van der Waals surface area (Å²) in [6.45, 7) is 0. The van der Waals surface area contributed by atoms with E-state index in [0.717, 1.165) is 27.6 Å². The first-order valence-electron chi connectivity index (χ1n) is 43.2. The van der Waals surface area contributed by atoms with Crippen LogP contribution in [0.5, 0.6) is 0 Å². The topological polar surface area (TPSA) is 42.7 Å². The molecule has 127 heavy (non-hydrogen) atoms. The van der Waals surface area contributed by atoms with Gasteiger partial charge >= 0.3 is 0 Å². The van der Waals surface area contributed by atoms with Gasteiger partial charge in [-0.25, -0.2) is 0 Å². The number of nitrogens with zero attached hydrogens (tertiary/aromatic N) is 6. The lowest BCUT2D eigenvalue weighted by atomic mass is 10.0. The molecule has 0 spiro atoms. The summed E-state index contributed by atoms with van der Waals surface area (Å²) >= 11 is 3.73. The maximum absolute atomic E-state index is 6.11. The summed E-state index contributed by atoms with van der Waals surface area (Å²) < 4.78 is 25.5. The molecule has 9 aromatic heterocycles. The van der Waals surface area contributed by atoms with Gasteiger partial charge in [0.05, 0.1) is 55.2 Å². The molecule has 0 aliphatic carbocycles. The molecule has 9 heteroatoms. The molecule has 9 heterocycles. The largest absolute Gasteiger partial charge is 0.456 e. The number of aromatic nitrogens is 6. The van der Waals surface area contributed by atoms with Crippen molar-refractivity contribution in [1.82, 2.24) is 27.4 Å². The van der Waals surface area contributed by atoms with Crippen molar-refractivity contribution in [1.29, 1.82) is 0 Å². The fraction of sp³-hybridized carbons (Fsp3) is 0. The molecule has 0 N–H and O–H groups in total. The van der Waals surface area contributed by atoms with Crippen LogP contribution in [0.2, 0.25) is 0 Å². The number of benzene rings is 19. The van der Waals surface area contributed by atoms with Crippen molar-refractivity contribution >= 4 is 194 Å². The van der Waals surface area contributed by atoms with Gasteiger partial charge in [-0.3, -0.25) is 0 Å². The Hall–Kier alpha value is -16.3. The van der Waals surface area contributed by atoms with Crippen LogP contribution in [0, 0.1) is 0 Å². The normalized spacial score (nSPS) is 11.9. The third kappa shape index (κ3) is 11.8. The highest BCUT2D eigenvalue weighted by Crippen LogP contribution is 2.46. The molecule has 0 fully saturated rings. The SMILES string of the molecule is c1ccc(-n2c3ccccc3c3cc(-c4ccc5c(c4)c4ccccc4n5-c4ccc5sc6ccccc6c5c4)ccc32)cc1.c1ccc(-n2ccc3cc(-c4ccc5c(c4)c4ccccc4n5-c4ccc5oc6ccccc6c5c4)ccc32)cc1.c1ccc(-n2ccc3cc(-c4ccc5c(c4)c4ccccc4n5-c4ccc5sc6ccccc6c5c4)ccc32)cc1. The van der Waals surface area contributed by atoms with Gasteiger partial charge in [0.25, 0.3) is 0 Å². The van der Waals surface area contributed by atoms with Gasteiger partial charge < -0.3 is 31.8 Å². The van der Waals surface area contributed by atoms with Gasteiger partial charge in [-0.2, -0.15) is 0 Å². The smallest absolute Gasteiger partial charge is 0.135 e. The average molecular weight is 1660 g/mol. The van der Waals surface area contributed by atoms with E-state index < -0.39 is 0 Å². The van der Waals surface area contributed by atoms with Crippen molar-refractivity contribution < 1.29 is 4.42 Å². The number of furan rings is 1. The molecule has 594 valence electrons. The molecule has 0 aliphatic heterocycles. The van der Waals surface area contributed by atoms with Crippen LogP contribution in [0.4, 0.5) is 0 Å². The molecular weight excluding hydrogens is 1580 g/mol. The molecule has 0 unspecified atom stereocenters. The van der Waals surface area contributed by atoms with E-state index in [1.165, 1.54) is 211 Å². The lowest BCUT2D eigenvalue weighted by Crippen LogP contribution is -1.93. The summed E-state index contributed by atoms with van der Waals surface area (Å²) in [5, 5.41) is 20.2. The first-order chi connectivity index (χ1) is 62.9. The Bertz CT molecular complexity index is 8960. The second-order valence-corrected chi connectivity index (χ2v) is 35.3. The predicted octanol–water partition coefficient (Wildman–Crippen LogP) is 33.0. The van der Waals surface area contributed by atoms with Crippen molar-refractivity contribution in [2.45, 2.75) is 0 Å². The highest BCUT2D eigenvalue weighted by Gasteiger charge is 2.22. The second-order valence-electron chi connectivity index (χ2n) is 33.1. The van der Waals surface area contributed by atoms with E-state index in [-0.39, 0.29) is 0 Å². The van der Waals surface area contributed by atoms with Gasteiger partial charge in [-0.05, 0) is 252 Å². The molecule has 28 rings (SSSR count). The summed E-state index contributed by atoms with van der Waals surface area (Å²) in [7, 11) is 0. The maximum Gasteiger partial charge on any atom is 0.135 e. The van der Waals surface area contributed by atoms with Gasteiger partial charge in [-0.15, -0.1) is 22.7 Å². The number of hydrogen-bond acceptors (Lipinski definition) is 3. The first-order valence-corrected chi connectivity index (χ1v) is 44.9. The van der Waals surface area contributed by atoms with E-state index >= 15 is 0 Å². The van der Waals surface area contributed by atoms with Crippen molar-refractivity contribution in [2.24, 2.45) is 0 Å². The highest BCUT2D eigenvalue weighted by molar-refractivity contribution is 7.26. The Morgan fingerprint density at radius 1 is 0.157 bits per heavy atom. The number of thiophene rings is 2. The number of para-hydroxylation sites is 8. The molecule has 0 bridgehead atoms. The highest BCUT2D eigenvalue weighted by atomic mass is 32.1. The Morgan fingerprint density at radius 3 is 0.843 bits per heavy atom. The van der Waals surface area contributed by atoms with Gasteiger partial charge in [-0.1, -0.05) is 218 Å². The monoisotopic (exact) mass is 1650 g/mol. The fourth-order valence-electron chi connectivity index (χ4n) is 20.1. The molecule has 0 radical (unpaired) electrons. The van der Waals surface area contributed by atoms with Crippen LogP contribution >= 0.6 is 22.7 Å². The molecular formula is C118H74N6OS2. The minimum atomic E-state index is 0.912. The molecule has 19 aromatic carbocycles. The second kappa shape index (κ2) is 29.2. The first kappa shape index (κ1) is 72.3. The Kier molecular flexibility index (Phi) is 16.6. The van der Waals surface area contributed by atoms with Crippen molar-refractivity contribution in [3.05, 3.63) is 449 Å². The van der Waals surface area contributed by atoms with Crippen LogP contribution in [0.25, 0.3) is 239 Å². The summed E-state index contributed by atoms with van der Waals surface area (Å²) in [5.41, 5.74) is 28.4. The van der Waals surface area contributed by atoms with Crippen molar-refractivity contribution in [2.75, 3.05) is 0 Å². The summed E-state index contributed by atoms with van der Waals surface area (Å²) in [6.07, 6.45) is 4.31. The molecule has 0 amide bonds. The summed E-state index contributed by atoms with van der Waals surface area (Å²) in [4.78, 5) is 0. The Morgan fingerprint density at radius 2 is 0.441 bits per heavy atom. The average Bonchev–Trinajstić information content (AvgIpc) is 1.61. The molecule has 7 nitrogen and oxygen atoms in total. The molecule has 0 saturated heterocycles. The standard InChI is InChI=1S/C42H26N2S.C38H24N2O.C38H24N2S/c1-2-10-29(11-3-1)43-37-15-7-4-12-31(37)34-24-27(18-21-39(34)43)28-19-22-40-35(25-28)32-13-5-8-16-38(32)44(40)30-20-23-42-36(26-30)33-14-6-9-17-41(33)45-42;2*1-2-8-28(9-3-1)39-21-20-27-22-25(14-17-34(27)39)26-15-18-36-32(23-26)30-10-4-6-12-35(30)40(36)29-16-19-38-33(24-29)31-11-5-7-13-37(31)41-38/h1-26H;2*1-24H. The minimum absolute atomic E-state index is 0.912. The molecule has 0 aliphatic rings. The van der Waals surface area contributed by atoms with Crippen LogP contribution < -0.4 is 0 Å². The van der Waals surface area contributed by atoms with E-state index in [9.17, 15) is 0 Å². The Labute approximate surface area is 737 Å². The van der Waals surface area contributed by atoms with E-state index in [2.05, 4.69) is 464 Å². The number of fused-ring (bicyclic) bond motifs is 23. The Balaban J connectivity index is 0.000000101. The van der Waals surface area contributed by atoms with Gasteiger partial charge in [0.15, 0.2) is 0 Å². The zero-order chi connectivity index (χ0) is 83.3. The molecule has 28 aromatic rings. The van der Waals surface area contributed by atoms with Crippen LogP contribution in [-0.2, 0) is 0 Å². The van der Waals surface area contributed by atoms with Crippen LogP contribution in [0.3, 0.4) is 0 Å². The minimum Gasteiger partial charge on any atom is -0.456 e. The van der Waals surface area contributed by atoms with Gasteiger partial charge in [0.2, 0.25) is 0 Å². The molecule has 0 atom stereocenters. The maximum atomic E-state index is 6.11. The lowest BCUT2D eigenvalue weighted by Gasteiger charge is -2.10. The van der Waals surface area contributed by atoms with Crippen LogP contribution in [0.1, 0.15) is 0 Å². The molecule has 0 saturated carbocycles. The van der Waals surface area contributed by atoms with Crippen LogP contribution in [-0.4, -0.2) is 27.4 Å². The zero-order valence-electron chi connectivity index (χ0n) is 68.6. The van der Waals surface area contributed by atoms with E-state index in [1.54, 1.807) is 0 Å². The van der Waals surface area contributed by atoms with Gasteiger partial charge in [0, 0.05) is 151 Å². The van der Waals surface area contributed by atoms with Crippen molar-refractivity contribution in [3.63, 3.8) is 0 Å². The summed E-state index contributed by atoms with van der Waals surface area (Å²) in [6, 6.07) is 158. The van der Waals surface area contributed by atoms with E-state index in [0.29, 0.717) is 0 Å². The van der Waals surface area contributed by atoms with Crippen molar-refractivity contribution in [3.8, 4) is 67.5 Å². The third-order valence-electron chi connectivity index (χ3n) is 26.0. The van der Waals surface area contributed by atoms with Gasteiger partial charge in [0.1, 0.15) is 11.2 Å². The zero-order valence-corrected chi connectivity index (χ0v) is 70.3. The quantitative estimate of drug-likeness (QED) is 0.142. The van der Waals surface area contributed by atoms with E-state index in [4.69, 9.17) is 4.42 Å². The lowest BCUT2D eigenvalue weighted by molar-refractivity contribution is 0.669. The predicted molar refractivity (Wildman–Crippen MR) is 540 cm³/mol. The number of rotatable bonds is 9. The third-order valence-corrected chi connectivity index (χ3v) is 28.3. The number of hydrogen-bond donors (Lipinski definition) is 0. The summed E-state index contributed by atoms with van der Waals surface area (Å²) in [5.74, 6) is 0. The fourth-order valence-corrected chi connectivity index (χ4v) is 22.3. The van der Waals surface area contributed by atoms with E-state index in [1.807, 2.05) is 34.8 Å². The van der Waals surface area contributed by atoms with Crippen LogP contribution in [0.15, 0.2) is 454 Å².